The summed E-state index contributed by atoms with van der Waals surface area (Å²) < 4.78 is 0. The third kappa shape index (κ3) is 5.78. The second-order valence-corrected chi connectivity index (χ2v) is 5.46. The number of hydrogen-bond acceptors (Lipinski definition) is 2. The molecule has 0 fully saturated rings. The topological polar surface area (TPSA) is 46.3 Å². The Kier molecular flexibility index (Phi) is 5.88. The van der Waals surface area contributed by atoms with Gasteiger partial charge in [-0.2, -0.15) is 0 Å². The number of carbonyl (C=O) groups excluding carboxylic acids is 1. The third-order valence-electron chi connectivity index (χ3n) is 2.43. The first-order chi connectivity index (χ1) is 6.81. The molecule has 90 valence electrons. The third-order valence-corrected chi connectivity index (χ3v) is 2.43. The Morgan fingerprint density at radius 1 is 1.40 bits per heavy atom. The van der Waals surface area contributed by atoms with Crippen molar-refractivity contribution in [2.75, 3.05) is 20.1 Å². The molecule has 1 unspecified atom stereocenters. The highest BCUT2D eigenvalue weighted by Gasteiger charge is 2.25. The van der Waals surface area contributed by atoms with Crippen LogP contribution in [-0.4, -0.2) is 30.9 Å². The molecule has 0 aromatic rings. The van der Waals surface area contributed by atoms with E-state index in [1.165, 1.54) is 0 Å². The number of hydrogen-bond donors (Lipinski definition) is 1. The number of nitrogens with zero attached hydrogens (tertiary/aromatic N) is 1. The molecule has 0 aromatic heterocycles. The number of nitrogens with two attached hydrogens (primary N) is 1. The van der Waals surface area contributed by atoms with Crippen molar-refractivity contribution in [2.45, 2.75) is 40.5 Å². The Bertz CT molecular complexity index is 196. The van der Waals surface area contributed by atoms with E-state index in [-0.39, 0.29) is 17.2 Å². The molecule has 0 spiro atoms. The lowest BCUT2D eigenvalue weighted by molar-refractivity contribution is -0.134. The van der Waals surface area contributed by atoms with Crippen LogP contribution in [0, 0.1) is 11.3 Å². The molecule has 0 aliphatic rings. The summed E-state index contributed by atoms with van der Waals surface area (Å²) >= 11 is 0. The lowest BCUT2D eigenvalue weighted by Crippen LogP contribution is -2.38. The van der Waals surface area contributed by atoms with Gasteiger partial charge in [-0.1, -0.05) is 27.7 Å². The zero-order chi connectivity index (χ0) is 12.1. The second-order valence-electron chi connectivity index (χ2n) is 5.46. The monoisotopic (exact) mass is 214 g/mol. The normalized spacial score (nSPS) is 13.7. The quantitative estimate of drug-likeness (QED) is 0.759. The van der Waals surface area contributed by atoms with E-state index in [1.54, 1.807) is 4.90 Å². The molecule has 0 aromatic carbocycles. The van der Waals surface area contributed by atoms with Crippen molar-refractivity contribution in [1.29, 1.82) is 0 Å². The minimum absolute atomic E-state index is 0.0263. The maximum absolute atomic E-state index is 12.0. The van der Waals surface area contributed by atoms with E-state index in [2.05, 4.69) is 27.7 Å². The Morgan fingerprint density at radius 2 is 1.93 bits per heavy atom. The molecular formula is C12H26N2O. The Morgan fingerprint density at radius 3 is 2.27 bits per heavy atom. The molecule has 0 bridgehead atoms. The van der Waals surface area contributed by atoms with Crippen LogP contribution in [0.15, 0.2) is 0 Å². The van der Waals surface area contributed by atoms with Gasteiger partial charge in [0, 0.05) is 20.1 Å². The van der Waals surface area contributed by atoms with E-state index in [0.29, 0.717) is 6.54 Å². The SMILES string of the molecule is CCCN(C)C(=O)C(CN)CC(C)(C)C. The average Bonchev–Trinajstić information content (AvgIpc) is 2.12. The molecule has 0 aliphatic carbocycles. The zero-order valence-electron chi connectivity index (χ0n) is 10.8. The summed E-state index contributed by atoms with van der Waals surface area (Å²) in [6.07, 6.45) is 1.85. The van der Waals surface area contributed by atoms with Crippen LogP contribution in [0.5, 0.6) is 0 Å². The second kappa shape index (κ2) is 6.11. The fourth-order valence-corrected chi connectivity index (χ4v) is 1.77. The molecule has 15 heavy (non-hydrogen) atoms. The largest absolute Gasteiger partial charge is 0.345 e. The number of carbonyl (C=O) groups is 1. The molecule has 0 saturated carbocycles. The predicted molar refractivity (Wildman–Crippen MR) is 64.5 cm³/mol. The summed E-state index contributed by atoms with van der Waals surface area (Å²) in [5.41, 5.74) is 5.83. The predicted octanol–water partition coefficient (Wildman–Crippen LogP) is 1.87. The maximum Gasteiger partial charge on any atom is 0.226 e. The van der Waals surface area contributed by atoms with Gasteiger partial charge in [0.25, 0.3) is 0 Å². The lowest BCUT2D eigenvalue weighted by Gasteiger charge is -2.27. The first-order valence-corrected chi connectivity index (χ1v) is 5.77. The van der Waals surface area contributed by atoms with Gasteiger partial charge in [-0.3, -0.25) is 4.79 Å². The van der Waals surface area contributed by atoms with Gasteiger partial charge in [0.05, 0.1) is 5.92 Å². The Hall–Kier alpha value is -0.570. The molecule has 0 radical (unpaired) electrons. The minimum atomic E-state index is -0.0263. The van der Waals surface area contributed by atoms with Gasteiger partial charge in [0.1, 0.15) is 0 Å². The van der Waals surface area contributed by atoms with Crippen LogP contribution in [0.1, 0.15) is 40.5 Å². The highest BCUT2D eigenvalue weighted by atomic mass is 16.2. The van der Waals surface area contributed by atoms with Gasteiger partial charge in [-0.05, 0) is 18.3 Å². The summed E-state index contributed by atoms with van der Waals surface area (Å²) in [5.74, 6) is 0.163. The van der Waals surface area contributed by atoms with Crippen LogP contribution in [-0.2, 0) is 4.79 Å². The summed E-state index contributed by atoms with van der Waals surface area (Å²) in [5, 5.41) is 0. The van der Waals surface area contributed by atoms with Crippen LogP contribution in [0.3, 0.4) is 0 Å². The average molecular weight is 214 g/mol. The molecule has 1 atom stereocenters. The van der Waals surface area contributed by atoms with Crippen molar-refractivity contribution in [1.82, 2.24) is 4.90 Å². The zero-order valence-corrected chi connectivity index (χ0v) is 10.8. The highest BCUT2D eigenvalue weighted by molar-refractivity contribution is 5.78. The van der Waals surface area contributed by atoms with Crippen molar-refractivity contribution in [3.05, 3.63) is 0 Å². The summed E-state index contributed by atoms with van der Waals surface area (Å²) in [7, 11) is 1.86. The van der Waals surface area contributed by atoms with Gasteiger partial charge >= 0.3 is 0 Å². The summed E-state index contributed by atoms with van der Waals surface area (Å²) in [6.45, 7) is 9.77. The van der Waals surface area contributed by atoms with E-state index in [1.807, 2.05) is 7.05 Å². The van der Waals surface area contributed by atoms with E-state index in [4.69, 9.17) is 5.73 Å². The molecule has 1 amide bonds. The minimum Gasteiger partial charge on any atom is -0.345 e. The fourth-order valence-electron chi connectivity index (χ4n) is 1.77. The van der Waals surface area contributed by atoms with Crippen LogP contribution < -0.4 is 5.73 Å². The Labute approximate surface area is 94.0 Å². The van der Waals surface area contributed by atoms with Crippen molar-refractivity contribution in [3.8, 4) is 0 Å². The molecule has 0 rings (SSSR count). The maximum atomic E-state index is 12.0. The van der Waals surface area contributed by atoms with Gasteiger partial charge in [-0.25, -0.2) is 0 Å². The fraction of sp³-hybridized carbons (Fsp3) is 0.917. The number of rotatable bonds is 5. The lowest BCUT2D eigenvalue weighted by atomic mass is 9.84. The van der Waals surface area contributed by atoms with Crippen molar-refractivity contribution >= 4 is 5.91 Å². The van der Waals surface area contributed by atoms with Gasteiger partial charge in [-0.15, -0.1) is 0 Å². The molecule has 3 nitrogen and oxygen atoms in total. The van der Waals surface area contributed by atoms with Crippen molar-refractivity contribution in [2.24, 2.45) is 17.1 Å². The summed E-state index contributed by atoms with van der Waals surface area (Å²) in [6, 6.07) is 0. The van der Waals surface area contributed by atoms with Crippen LogP contribution >= 0.6 is 0 Å². The number of amides is 1. The van der Waals surface area contributed by atoms with E-state index in [9.17, 15) is 4.79 Å². The molecule has 2 N–H and O–H groups in total. The van der Waals surface area contributed by atoms with Gasteiger partial charge < -0.3 is 10.6 Å². The first kappa shape index (κ1) is 14.4. The summed E-state index contributed by atoms with van der Waals surface area (Å²) in [4.78, 5) is 13.8. The molecule has 0 aliphatic heterocycles. The standard InChI is InChI=1S/C12H26N2O/c1-6-7-14(5)11(15)10(9-13)8-12(2,3)4/h10H,6-9,13H2,1-5H3. The van der Waals surface area contributed by atoms with Crippen molar-refractivity contribution < 1.29 is 4.79 Å². The van der Waals surface area contributed by atoms with E-state index < -0.39 is 0 Å². The van der Waals surface area contributed by atoms with Crippen molar-refractivity contribution in [3.63, 3.8) is 0 Å². The van der Waals surface area contributed by atoms with Crippen LogP contribution in [0.25, 0.3) is 0 Å². The van der Waals surface area contributed by atoms with E-state index >= 15 is 0 Å². The smallest absolute Gasteiger partial charge is 0.226 e. The Balaban J connectivity index is 4.34. The molecule has 3 heteroatoms. The van der Waals surface area contributed by atoms with Gasteiger partial charge in [0.2, 0.25) is 5.91 Å². The first-order valence-electron chi connectivity index (χ1n) is 5.77. The molecular weight excluding hydrogens is 188 g/mol. The van der Waals surface area contributed by atoms with Crippen LogP contribution in [0.4, 0.5) is 0 Å². The van der Waals surface area contributed by atoms with E-state index in [0.717, 1.165) is 19.4 Å². The molecule has 0 saturated heterocycles. The van der Waals surface area contributed by atoms with Crippen LogP contribution in [0.2, 0.25) is 0 Å². The van der Waals surface area contributed by atoms with Gasteiger partial charge in [0.15, 0.2) is 0 Å². The highest BCUT2D eigenvalue weighted by Crippen LogP contribution is 2.24. The molecule has 0 heterocycles.